The molecule has 1 aliphatic carbocycles. The van der Waals surface area contributed by atoms with Gasteiger partial charge in [0.25, 0.3) is 0 Å². The zero-order chi connectivity index (χ0) is 16.5. The monoisotopic (exact) mass is 325 g/mol. The van der Waals surface area contributed by atoms with E-state index in [0.29, 0.717) is 24.1 Å². The van der Waals surface area contributed by atoms with Gasteiger partial charge in [0.05, 0.1) is 10.4 Å². The Balaban J connectivity index is 2.29. The first-order valence-electron chi connectivity index (χ1n) is 7.30. The number of hydrogen-bond acceptors (Lipinski definition) is 4. The first kappa shape index (κ1) is 16.9. The molecule has 0 atom stereocenters. The molecule has 7 heteroatoms. The average Bonchev–Trinajstić information content (AvgIpc) is 2.89. The second-order valence-corrected chi connectivity index (χ2v) is 8.21. The molecule has 1 saturated carbocycles. The fourth-order valence-electron chi connectivity index (χ4n) is 2.64. The minimum Gasteiger partial charge on any atom is -0.324 e. The molecule has 0 bridgehead atoms. The van der Waals surface area contributed by atoms with Crippen LogP contribution in [0.25, 0.3) is 0 Å². The van der Waals surface area contributed by atoms with E-state index in [1.807, 2.05) is 0 Å². The number of amides is 1. The second kappa shape index (κ2) is 5.98. The van der Waals surface area contributed by atoms with E-state index in [2.05, 4.69) is 5.32 Å². The highest BCUT2D eigenvalue weighted by atomic mass is 32.2. The SMILES string of the molecule is Cc1ccc(NC(=O)C2(N)CCCC2)cc1S(=O)(=O)N(C)C. The molecule has 0 radical (unpaired) electrons. The van der Waals surface area contributed by atoms with E-state index in [-0.39, 0.29) is 10.8 Å². The summed E-state index contributed by atoms with van der Waals surface area (Å²) in [6.45, 7) is 1.73. The number of rotatable bonds is 4. The molecule has 0 heterocycles. The molecule has 1 amide bonds. The molecule has 0 saturated heterocycles. The maximum atomic E-state index is 12.3. The van der Waals surface area contributed by atoms with Crippen molar-refractivity contribution in [3.63, 3.8) is 0 Å². The van der Waals surface area contributed by atoms with Gasteiger partial charge >= 0.3 is 0 Å². The normalized spacial score (nSPS) is 17.7. The number of sulfonamides is 1. The number of nitrogens with one attached hydrogen (secondary N) is 1. The summed E-state index contributed by atoms with van der Waals surface area (Å²) in [6.07, 6.45) is 3.21. The lowest BCUT2D eigenvalue weighted by atomic mass is 9.98. The summed E-state index contributed by atoms with van der Waals surface area (Å²) in [4.78, 5) is 12.5. The van der Waals surface area contributed by atoms with Crippen molar-refractivity contribution in [2.24, 2.45) is 5.73 Å². The number of carbonyl (C=O) groups excluding carboxylic acids is 1. The summed E-state index contributed by atoms with van der Waals surface area (Å²) in [5.41, 5.74) is 6.36. The molecule has 122 valence electrons. The molecule has 1 aromatic carbocycles. The van der Waals surface area contributed by atoms with Crippen molar-refractivity contribution in [1.82, 2.24) is 4.31 Å². The van der Waals surface area contributed by atoms with Gasteiger partial charge in [-0.3, -0.25) is 4.79 Å². The van der Waals surface area contributed by atoms with Gasteiger partial charge in [0, 0.05) is 19.8 Å². The van der Waals surface area contributed by atoms with Crippen molar-refractivity contribution in [3.05, 3.63) is 23.8 Å². The van der Waals surface area contributed by atoms with Gasteiger partial charge < -0.3 is 11.1 Å². The highest BCUT2D eigenvalue weighted by Gasteiger charge is 2.37. The molecular formula is C15H23N3O3S. The van der Waals surface area contributed by atoms with Gasteiger partial charge in [-0.25, -0.2) is 12.7 Å². The average molecular weight is 325 g/mol. The number of hydrogen-bond donors (Lipinski definition) is 2. The van der Waals surface area contributed by atoms with E-state index in [4.69, 9.17) is 5.73 Å². The molecule has 6 nitrogen and oxygen atoms in total. The zero-order valence-electron chi connectivity index (χ0n) is 13.2. The van der Waals surface area contributed by atoms with Crippen molar-refractivity contribution in [2.45, 2.75) is 43.0 Å². The van der Waals surface area contributed by atoms with Crippen molar-refractivity contribution in [3.8, 4) is 0 Å². The Kier molecular flexibility index (Phi) is 4.60. The zero-order valence-corrected chi connectivity index (χ0v) is 14.0. The first-order valence-corrected chi connectivity index (χ1v) is 8.74. The molecule has 0 aliphatic heterocycles. The van der Waals surface area contributed by atoms with Gasteiger partial charge in [-0.2, -0.15) is 0 Å². The fraction of sp³-hybridized carbons (Fsp3) is 0.533. The number of nitrogens with two attached hydrogens (primary N) is 1. The third kappa shape index (κ3) is 3.16. The number of aryl methyl sites for hydroxylation is 1. The largest absolute Gasteiger partial charge is 0.324 e. The van der Waals surface area contributed by atoms with E-state index in [1.165, 1.54) is 20.2 Å². The van der Waals surface area contributed by atoms with Gasteiger partial charge in [0.2, 0.25) is 15.9 Å². The topological polar surface area (TPSA) is 92.5 Å². The molecule has 22 heavy (non-hydrogen) atoms. The summed E-state index contributed by atoms with van der Waals surface area (Å²) in [6, 6.07) is 4.87. The Hall–Kier alpha value is -1.44. The molecular weight excluding hydrogens is 302 g/mol. The van der Waals surface area contributed by atoms with E-state index in [9.17, 15) is 13.2 Å². The predicted molar refractivity (Wildman–Crippen MR) is 86.1 cm³/mol. The summed E-state index contributed by atoms with van der Waals surface area (Å²) in [7, 11) is -0.590. The quantitative estimate of drug-likeness (QED) is 0.876. The number of carbonyl (C=O) groups is 1. The van der Waals surface area contributed by atoms with Crippen LogP contribution >= 0.6 is 0 Å². The summed E-state index contributed by atoms with van der Waals surface area (Å²) < 4.78 is 25.8. The van der Waals surface area contributed by atoms with Crippen LogP contribution in [0.5, 0.6) is 0 Å². The number of benzene rings is 1. The lowest BCUT2D eigenvalue weighted by Gasteiger charge is -2.22. The minimum absolute atomic E-state index is 0.188. The van der Waals surface area contributed by atoms with E-state index in [0.717, 1.165) is 17.1 Å². The van der Waals surface area contributed by atoms with E-state index >= 15 is 0 Å². The molecule has 3 N–H and O–H groups in total. The van der Waals surface area contributed by atoms with Crippen LogP contribution in [-0.2, 0) is 14.8 Å². The second-order valence-electron chi connectivity index (χ2n) is 6.09. The van der Waals surface area contributed by atoms with Crippen LogP contribution in [-0.4, -0.2) is 38.3 Å². The molecule has 1 fully saturated rings. The Morgan fingerprint density at radius 1 is 1.27 bits per heavy atom. The van der Waals surface area contributed by atoms with Crippen LogP contribution in [0, 0.1) is 6.92 Å². The van der Waals surface area contributed by atoms with Crippen LogP contribution in [0.15, 0.2) is 23.1 Å². The van der Waals surface area contributed by atoms with Crippen LogP contribution in [0.4, 0.5) is 5.69 Å². The van der Waals surface area contributed by atoms with Crippen LogP contribution in [0.1, 0.15) is 31.2 Å². The summed E-state index contributed by atoms with van der Waals surface area (Å²) >= 11 is 0. The van der Waals surface area contributed by atoms with Gasteiger partial charge in [-0.1, -0.05) is 18.9 Å². The first-order chi connectivity index (χ1) is 10.2. The van der Waals surface area contributed by atoms with Gasteiger partial charge in [0.15, 0.2) is 0 Å². The molecule has 0 aromatic heterocycles. The maximum absolute atomic E-state index is 12.3. The Bertz CT molecular complexity index is 677. The molecule has 0 unspecified atom stereocenters. The standard InChI is InChI=1S/C15H23N3O3S/c1-11-6-7-12(10-13(11)22(20,21)18(2)3)17-14(19)15(16)8-4-5-9-15/h6-7,10H,4-5,8-9,16H2,1-3H3,(H,17,19). The van der Waals surface area contributed by atoms with Gasteiger partial charge in [-0.05, 0) is 37.5 Å². The smallest absolute Gasteiger partial charge is 0.244 e. The van der Waals surface area contributed by atoms with Crippen molar-refractivity contribution in [1.29, 1.82) is 0 Å². The molecule has 1 aliphatic rings. The number of nitrogens with zero attached hydrogens (tertiary/aromatic N) is 1. The fourth-order valence-corrected chi connectivity index (χ4v) is 3.79. The Morgan fingerprint density at radius 2 is 1.86 bits per heavy atom. The van der Waals surface area contributed by atoms with E-state index < -0.39 is 15.6 Å². The van der Waals surface area contributed by atoms with E-state index in [1.54, 1.807) is 19.1 Å². The van der Waals surface area contributed by atoms with Crippen molar-refractivity contribution in [2.75, 3.05) is 19.4 Å². The third-order valence-corrected chi connectivity index (χ3v) is 6.11. The summed E-state index contributed by atoms with van der Waals surface area (Å²) in [5, 5.41) is 2.76. The lowest BCUT2D eigenvalue weighted by molar-refractivity contribution is -0.121. The van der Waals surface area contributed by atoms with Gasteiger partial charge in [-0.15, -0.1) is 0 Å². The number of anilines is 1. The summed E-state index contributed by atoms with van der Waals surface area (Å²) in [5.74, 6) is -0.248. The molecule has 1 aromatic rings. The lowest BCUT2D eigenvalue weighted by Crippen LogP contribution is -2.48. The Morgan fingerprint density at radius 3 is 2.41 bits per heavy atom. The Labute approximate surface area is 131 Å². The van der Waals surface area contributed by atoms with Crippen LogP contribution in [0.3, 0.4) is 0 Å². The van der Waals surface area contributed by atoms with Gasteiger partial charge in [0.1, 0.15) is 0 Å². The highest BCUT2D eigenvalue weighted by Crippen LogP contribution is 2.29. The van der Waals surface area contributed by atoms with Crippen LogP contribution in [0.2, 0.25) is 0 Å². The highest BCUT2D eigenvalue weighted by molar-refractivity contribution is 7.89. The predicted octanol–water partition coefficient (Wildman–Crippen LogP) is 1.46. The minimum atomic E-state index is -3.55. The van der Waals surface area contributed by atoms with Crippen molar-refractivity contribution >= 4 is 21.6 Å². The third-order valence-electron chi connectivity index (χ3n) is 4.15. The molecule has 0 spiro atoms. The van der Waals surface area contributed by atoms with Crippen molar-refractivity contribution < 1.29 is 13.2 Å². The maximum Gasteiger partial charge on any atom is 0.244 e. The van der Waals surface area contributed by atoms with Crippen LogP contribution < -0.4 is 11.1 Å². The molecule has 2 rings (SSSR count).